The van der Waals surface area contributed by atoms with E-state index in [0.717, 1.165) is 43.5 Å². The van der Waals surface area contributed by atoms with Gasteiger partial charge in [0, 0.05) is 44.3 Å². The zero-order chi connectivity index (χ0) is 16.7. The third kappa shape index (κ3) is 2.38. The molecule has 0 amide bonds. The minimum absolute atomic E-state index is 0.843. The van der Waals surface area contributed by atoms with Crippen molar-refractivity contribution in [3.05, 3.63) is 47.5 Å². The van der Waals surface area contributed by atoms with Gasteiger partial charge < -0.3 is 9.80 Å². The Bertz CT molecular complexity index is 876. The monoisotopic (exact) mass is 322 g/mol. The van der Waals surface area contributed by atoms with Gasteiger partial charge >= 0.3 is 0 Å². The first-order valence-electron chi connectivity index (χ1n) is 8.37. The summed E-state index contributed by atoms with van der Waals surface area (Å²) < 4.78 is 2.00. The van der Waals surface area contributed by atoms with Crippen LogP contribution in [0.4, 0.5) is 11.5 Å². The van der Waals surface area contributed by atoms with Gasteiger partial charge in [-0.05, 0) is 38.0 Å². The Morgan fingerprint density at radius 3 is 2.46 bits per heavy atom. The lowest BCUT2D eigenvalue weighted by molar-refractivity contribution is 0.646. The van der Waals surface area contributed by atoms with E-state index < -0.39 is 0 Å². The molecule has 1 aromatic carbocycles. The van der Waals surface area contributed by atoms with E-state index in [9.17, 15) is 0 Å². The molecule has 1 fully saturated rings. The molecule has 3 heterocycles. The molecule has 1 aliphatic rings. The van der Waals surface area contributed by atoms with Gasteiger partial charge in [0.1, 0.15) is 5.82 Å². The van der Waals surface area contributed by atoms with Crippen LogP contribution >= 0.6 is 0 Å². The topological polar surface area (TPSA) is 49.6 Å². The van der Waals surface area contributed by atoms with Crippen molar-refractivity contribution in [3.8, 4) is 0 Å². The first-order valence-corrected chi connectivity index (χ1v) is 8.37. The minimum Gasteiger partial charge on any atom is -0.368 e. The Balaban J connectivity index is 1.56. The van der Waals surface area contributed by atoms with Gasteiger partial charge in [-0.15, -0.1) is 10.2 Å². The molecule has 0 unspecified atom stereocenters. The molecule has 6 nitrogen and oxygen atoms in total. The molecule has 1 saturated heterocycles. The quantitative estimate of drug-likeness (QED) is 0.725. The maximum atomic E-state index is 4.56. The van der Waals surface area contributed by atoms with Gasteiger partial charge in [-0.1, -0.05) is 12.1 Å². The molecule has 124 valence electrons. The van der Waals surface area contributed by atoms with Crippen LogP contribution in [0.5, 0.6) is 0 Å². The summed E-state index contributed by atoms with van der Waals surface area (Å²) >= 11 is 0. The van der Waals surface area contributed by atoms with Gasteiger partial charge in [0.15, 0.2) is 5.82 Å². The van der Waals surface area contributed by atoms with E-state index in [-0.39, 0.29) is 0 Å². The number of aryl methyl sites for hydroxylation is 2. The van der Waals surface area contributed by atoms with Gasteiger partial charge in [0.25, 0.3) is 0 Å². The zero-order valence-electron chi connectivity index (χ0n) is 14.4. The van der Waals surface area contributed by atoms with Crippen LogP contribution in [0, 0.1) is 20.8 Å². The summed E-state index contributed by atoms with van der Waals surface area (Å²) in [5, 5.41) is 8.46. The Labute approximate surface area is 141 Å². The van der Waals surface area contributed by atoms with Gasteiger partial charge in [0.2, 0.25) is 5.65 Å². The fourth-order valence-electron chi connectivity index (χ4n) is 3.39. The number of benzene rings is 1. The maximum absolute atomic E-state index is 4.56. The molecule has 0 atom stereocenters. The molecule has 24 heavy (non-hydrogen) atoms. The normalized spacial score (nSPS) is 15.3. The van der Waals surface area contributed by atoms with Crippen molar-refractivity contribution in [3.63, 3.8) is 0 Å². The molecular weight excluding hydrogens is 300 g/mol. The maximum Gasteiger partial charge on any atom is 0.203 e. The molecule has 1 aliphatic heterocycles. The number of rotatable bonds is 2. The van der Waals surface area contributed by atoms with Crippen LogP contribution in [-0.2, 0) is 0 Å². The standard InChI is InChI=1S/C18H22N6/c1-13-5-4-6-16(14(13)2)22-9-11-23(12-10-22)17-18-21-20-15(3)24(18)8-7-19-17/h4-8H,9-12H2,1-3H3. The Morgan fingerprint density at radius 2 is 1.67 bits per heavy atom. The van der Waals surface area contributed by atoms with E-state index in [1.165, 1.54) is 16.8 Å². The number of nitrogens with zero attached hydrogens (tertiary/aromatic N) is 6. The fraction of sp³-hybridized carbons (Fsp3) is 0.389. The third-order valence-corrected chi connectivity index (χ3v) is 4.97. The second kappa shape index (κ2) is 5.78. The lowest BCUT2D eigenvalue weighted by Crippen LogP contribution is -2.47. The van der Waals surface area contributed by atoms with Gasteiger partial charge in [-0.3, -0.25) is 4.40 Å². The summed E-state index contributed by atoms with van der Waals surface area (Å²) in [6.07, 6.45) is 3.75. The average Bonchev–Trinajstić information content (AvgIpc) is 2.99. The summed E-state index contributed by atoms with van der Waals surface area (Å²) in [7, 11) is 0. The third-order valence-electron chi connectivity index (χ3n) is 4.97. The number of anilines is 2. The van der Waals surface area contributed by atoms with E-state index in [1.807, 2.05) is 23.7 Å². The second-order valence-electron chi connectivity index (χ2n) is 6.38. The number of hydrogen-bond acceptors (Lipinski definition) is 5. The van der Waals surface area contributed by atoms with Crippen molar-refractivity contribution in [1.82, 2.24) is 19.6 Å². The van der Waals surface area contributed by atoms with Crippen LogP contribution in [0.25, 0.3) is 5.65 Å². The van der Waals surface area contributed by atoms with Crippen LogP contribution in [0.2, 0.25) is 0 Å². The SMILES string of the molecule is Cc1cccc(N2CCN(c3nccn4c(C)nnc34)CC2)c1C. The summed E-state index contributed by atoms with van der Waals surface area (Å²) in [4.78, 5) is 9.33. The van der Waals surface area contributed by atoms with E-state index >= 15 is 0 Å². The number of aromatic nitrogens is 4. The lowest BCUT2D eigenvalue weighted by atomic mass is 10.1. The molecule has 2 aromatic heterocycles. The molecule has 0 spiro atoms. The molecule has 0 radical (unpaired) electrons. The number of fused-ring (bicyclic) bond motifs is 1. The Kier molecular flexibility index (Phi) is 3.59. The Morgan fingerprint density at radius 1 is 0.917 bits per heavy atom. The van der Waals surface area contributed by atoms with Crippen LogP contribution in [0.15, 0.2) is 30.6 Å². The molecule has 3 aromatic rings. The van der Waals surface area contributed by atoms with Crippen molar-refractivity contribution in [1.29, 1.82) is 0 Å². The molecular formula is C18H22N6. The second-order valence-corrected chi connectivity index (χ2v) is 6.38. The summed E-state index contributed by atoms with van der Waals surface area (Å²) in [6.45, 7) is 10.2. The zero-order valence-corrected chi connectivity index (χ0v) is 14.4. The predicted octanol–water partition coefficient (Wildman–Crippen LogP) is 2.38. The highest BCUT2D eigenvalue weighted by molar-refractivity contribution is 5.65. The summed E-state index contributed by atoms with van der Waals surface area (Å²) in [5.41, 5.74) is 4.91. The first-order chi connectivity index (χ1) is 11.6. The highest BCUT2D eigenvalue weighted by Crippen LogP contribution is 2.25. The van der Waals surface area contributed by atoms with Gasteiger partial charge in [-0.2, -0.15) is 0 Å². The van der Waals surface area contributed by atoms with E-state index in [4.69, 9.17) is 0 Å². The van der Waals surface area contributed by atoms with Crippen molar-refractivity contribution in [2.45, 2.75) is 20.8 Å². The summed E-state index contributed by atoms with van der Waals surface area (Å²) in [5.74, 6) is 1.82. The van der Waals surface area contributed by atoms with Crippen LogP contribution in [0.3, 0.4) is 0 Å². The number of piperazine rings is 1. The van der Waals surface area contributed by atoms with Gasteiger partial charge in [-0.25, -0.2) is 4.98 Å². The van der Waals surface area contributed by atoms with Crippen LogP contribution in [-0.4, -0.2) is 45.8 Å². The molecule has 0 aliphatic carbocycles. The lowest BCUT2D eigenvalue weighted by Gasteiger charge is -2.37. The van der Waals surface area contributed by atoms with Gasteiger partial charge in [0.05, 0.1) is 0 Å². The van der Waals surface area contributed by atoms with Crippen LogP contribution in [0.1, 0.15) is 17.0 Å². The van der Waals surface area contributed by atoms with E-state index in [1.54, 1.807) is 0 Å². The fourth-order valence-corrected chi connectivity index (χ4v) is 3.39. The van der Waals surface area contributed by atoms with Crippen molar-refractivity contribution >= 4 is 17.2 Å². The predicted molar refractivity (Wildman–Crippen MR) is 95.9 cm³/mol. The molecule has 6 heteroatoms. The van der Waals surface area contributed by atoms with E-state index in [0.29, 0.717) is 0 Å². The minimum atomic E-state index is 0.843. The summed E-state index contributed by atoms with van der Waals surface area (Å²) in [6, 6.07) is 6.54. The highest BCUT2D eigenvalue weighted by Gasteiger charge is 2.22. The largest absolute Gasteiger partial charge is 0.368 e. The molecule has 4 rings (SSSR count). The average molecular weight is 322 g/mol. The highest BCUT2D eigenvalue weighted by atomic mass is 15.3. The van der Waals surface area contributed by atoms with Crippen molar-refractivity contribution in [2.75, 3.05) is 36.0 Å². The first kappa shape index (κ1) is 14.9. The molecule has 0 bridgehead atoms. The number of hydrogen-bond donors (Lipinski definition) is 0. The molecule has 0 saturated carbocycles. The Hall–Kier alpha value is -2.63. The van der Waals surface area contributed by atoms with Crippen molar-refractivity contribution < 1.29 is 0 Å². The molecule has 0 N–H and O–H groups in total. The van der Waals surface area contributed by atoms with Crippen LogP contribution < -0.4 is 9.80 Å². The van der Waals surface area contributed by atoms with Crippen molar-refractivity contribution in [2.24, 2.45) is 0 Å². The smallest absolute Gasteiger partial charge is 0.203 e. The van der Waals surface area contributed by atoms with E-state index in [2.05, 4.69) is 57.0 Å².